The number of anilines is 1. The van der Waals surface area contributed by atoms with Gasteiger partial charge < -0.3 is 30.7 Å². The molecular formula is C11H15N5O4. The van der Waals surface area contributed by atoms with Crippen molar-refractivity contribution in [1.29, 1.82) is 0 Å². The van der Waals surface area contributed by atoms with Gasteiger partial charge in [0.1, 0.15) is 17.9 Å². The third-order valence-corrected chi connectivity index (χ3v) is 3.85. The molecule has 0 saturated heterocycles. The van der Waals surface area contributed by atoms with E-state index < -0.39 is 36.9 Å². The van der Waals surface area contributed by atoms with Gasteiger partial charge in [0.25, 0.3) is 0 Å². The summed E-state index contributed by atoms with van der Waals surface area (Å²) in [5.74, 6) is -0.637. The Balaban J connectivity index is 2.09. The summed E-state index contributed by atoms with van der Waals surface area (Å²) in [6.07, 6.45) is -0.964. The number of nitrogens with two attached hydrogens (primary N) is 1. The van der Waals surface area contributed by atoms with Crippen LogP contribution >= 0.6 is 0 Å². The lowest BCUT2D eigenvalue weighted by molar-refractivity contribution is -0.00782. The van der Waals surface area contributed by atoms with E-state index in [2.05, 4.69) is 15.0 Å². The molecule has 5 atom stereocenters. The monoisotopic (exact) mass is 281 g/mol. The van der Waals surface area contributed by atoms with Crippen LogP contribution in [0.15, 0.2) is 12.7 Å². The number of aromatic nitrogens is 4. The molecule has 108 valence electrons. The van der Waals surface area contributed by atoms with Gasteiger partial charge in [-0.25, -0.2) is 15.0 Å². The summed E-state index contributed by atoms with van der Waals surface area (Å²) in [5.41, 5.74) is 6.39. The van der Waals surface area contributed by atoms with Gasteiger partial charge in [0.15, 0.2) is 11.5 Å². The van der Waals surface area contributed by atoms with Crippen LogP contribution < -0.4 is 5.73 Å². The van der Waals surface area contributed by atoms with Crippen LogP contribution in [-0.2, 0) is 0 Å². The van der Waals surface area contributed by atoms with Crippen LogP contribution in [0.1, 0.15) is 6.04 Å². The average molecular weight is 281 g/mol. The van der Waals surface area contributed by atoms with Gasteiger partial charge in [0.2, 0.25) is 0 Å². The lowest BCUT2D eigenvalue weighted by Crippen LogP contribution is -2.30. The fraction of sp³-hybridized carbons (Fsp3) is 0.545. The summed E-state index contributed by atoms with van der Waals surface area (Å²) in [6.45, 7) is -0.431. The number of aliphatic hydroxyl groups is 4. The molecule has 9 nitrogen and oxygen atoms in total. The molecule has 20 heavy (non-hydrogen) atoms. The number of nitrogen functional groups attached to an aromatic ring is 1. The predicted octanol–water partition coefficient (Wildman–Crippen LogP) is -2.35. The first-order valence-corrected chi connectivity index (χ1v) is 6.14. The first-order chi connectivity index (χ1) is 9.56. The predicted molar refractivity (Wildman–Crippen MR) is 67.4 cm³/mol. The minimum absolute atomic E-state index is 0.190. The van der Waals surface area contributed by atoms with E-state index in [0.29, 0.717) is 11.2 Å². The summed E-state index contributed by atoms with van der Waals surface area (Å²) in [6, 6.07) is -0.860. The van der Waals surface area contributed by atoms with Crippen molar-refractivity contribution < 1.29 is 20.4 Å². The van der Waals surface area contributed by atoms with Crippen molar-refractivity contribution in [2.75, 3.05) is 12.3 Å². The minimum Gasteiger partial charge on any atom is -0.396 e. The Kier molecular flexibility index (Phi) is 3.05. The zero-order valence-corrected chi connectivity index (χ0v) is 10.4. The Bertz CT molecular complexity index is 632. The van der Waals surface area contributed by atoms with Gasteiger partial charge in [0.05, 0.1) is 31.2 Å². The van der Waals surface area contributed by atoms with Crippen LogP contribution in [0.3, 0.4) is 0 Å². The molecular weight excluding hydrogens is 266 g/mol. The molecule has 6 N–H and O–H groups in total. The summed E-state index contributed by atoms with van der Waals surface area (Å²) in [5, 5.41) is 39.3. The number of imidazole rings is 1. The Morgan fingerprint density at radius 3 is 2.50 bits per heavy atom. The standard InChI is InChI=1S/C11H15N5O4/c12-10-5-11(14-2-13-10)16(3-15-5)6-7(18)4(1-17)8(19)9(6)20/h2-4,6-9,17-20H,1H2,(H2,12,13,14)/t4-,6+,7?,8+,9-/m0/s1. The third kappa shape index (κ3) is 1.68. The molecule has 1 unspecified atom stereocenters. The molecule has 2 aromatic rings. The molecule has 1 aliphatic rings. The van der Waals surface area contributed by atoms with Crippen molar-refractivity contribution in [3.05, 3.63) is 12.7 Å². The highest BCUT2D eigenvalue weighted by Gasteiger charge is 2.49. The SMILES string of the molecule is Nc1ncnc2c1ncn2[C@@H]1C(O)[C@H](CO)[C@@H](O)[C@H]1O. The molecule has 2 heterocycles. The number of aliphatic hydroxyl groups excluding tert-OH is 4. The van der Waals surface area contributed by atoms with Crippen LogP contribution in [0.2, 0.25) is 0 Å². The van der Waals surface area contributed by atoms with E-state index >= 15 is 0 Å². The normalized spacial score (nSPS) is 33.9. The van der Waals surface area contributed by atoms with E-state index in [-0.39, 0.29) is 5.82 Å². The molecule has 0 spiro atoms. The number of hydrogen-bond acceptors (Lipinski definition) is 8. The number of nitrogens with zero attached hydrogens (tertiary/aromatic N) is 4. The van der Waals surface area contributed by atoms with Crippen molar-refractivity contribution in [3.63, 3.8) is 0 Å². The molecule has 0 bridgehead atoms. The van der Waals surface area contributed by atoms with Crippen molar-refractivity contribution >= 4 is 17.0 Å². The van der Waals surface area contributed by atoms with Crippen LogP contribution in [0.25, 0.3) is 11.2 Å². The van der Waals surface area contributed by atoms with Crippen LogP contribution in [0.4, 0.5) is 5.82 Å². The number of rotatable bonds is 2. The molecule has 0 aliphatic heterocycles. The second-order valence-corrected chi connectivity index (χ2v) is 4.89. The van der Waals surface area contributed by atoms with Crippen LogP contribution in [0, 0.1) is 5.92 Å². The van der Waals surface area contributed by atoms with Crippen LogP contribution in [0.5, 0.6) is 0 Å². The summed E-state index contributed by atoms with van der Waals surface area (Å²) in [4.78, 5) is 11.9. The largest absolute Gasteiger partial charge is 0.396 e. The van der Waals surface area contributed by atoms with Gasteiger partial charge in [-0.3, -0.25) is 0 Å². The molecule has 9 heteroatoms. The number of hydrogen-bond donors (Lipinski definition) is 5. The Labute approximate surface area is 113 Å². The molecule has 0 aromatic carbocycles. The van der Waals surface area contributed by atoms with Gasteiger partial charge in [-0.1, -0.05) is 0 Å². The minimum atomic E-state index is -1.24. The molecule has 0 amide bonds. The van der Waals surface area contributed by atoms with Crippen LogP contribution in [-0.4, -0.2) is 64.9 Å². The Morgan fingerprint density at radius 1 is 1.10 bits per heavy atom. The van der Waals surface area contributed by atoms with Gasteiger partial charge in [-0.15, -0.1) is 0 Å². The highest BCUT2D eigenvalue weighted by Crippen LogP contribution is 2.37. The second kappa shape index (κ2) is 4.63. The summed E-state index contributed by atoms with van der Waals surface area (Å²) in [7, 11) is 0. The van der Waals surface area contributed by atoms with Crippen molar-refractivity contribution in [3.8, 4) is 0 Å². The van der Waals surface area contributed by atoms with Gasteiger partial charge in [0, 0.05) is 5.92 Å². The maximum Gasteiger partial charge on any atom is 0.165 e. The first kappa shape index (κ1) is 13.2. The third-order valence-electron chi connectivity index (χ3n) is 3.85. The molecule has 0 radical (unpaired) electrons. The maximum atomic E-state index is 10.2. The lowest BCUT2D eigenvalue weighted by atomic mass is 10.0. The fourth-order valence-electron chi connectivity index (χ4n) is 2.75. The van der Waals surface area contributed by atoms with E-state index in [1.165, 1.54) is 17.2 Å². The highest BCUT2D eigenvalue weighted by molar-refractivity contribution is 5.81. The summed E-state index contributed by atoms with van der Waals surface area (Å²) >= 11 is 0. The van der Waals surface area contributed by atoms with E-state index in [1.54, 1.807) is 0 Å². The van der Waals surface area contributed by atoms with E-state index in [9.17, 15) is 20.4 Å². The number of fused-ring (bicyclic) bond motifs is 1. The van der Waals surface area contributed by atoms with Crippen molar-refractivity contribution in [1.82, 2.24) is 19.5 Å². The molecule has 1 fully saturated rings. The van der Waals surface area contributed by atoms with Gasteiger partial charge in [-0.2, -0.15) is 0 Å². The van der Waals surface area contributed by atoms with E-state index in [0.717, 1.165) is 0 Å². The van der Waals surface area contributed by atoms with Crippen molar-refractivity contribution in [2.45, 2.75) is 24.4 Å². The topological polar surface area (TPSA) is 151 Å². The smallest absolute Gasteiger partial charge is 0.165 e. The molecule has 2 aromatic heterocycles. The second-order valence-electron chi connectivity index (χ2n) is 4.89. The highest BCUT2D eigenvalue weighted by atomic mass is 16.3. The summed E-state index contributed by atoms with van der Waals surface area (Å²) < 4.78 is 1.45. The van der Waals surface area contributed by atoms with Gasteiger partial charge >= 0.3 is 0 Å². The molecule has 1 aliphatic carbocycles. The Hall–Kier alpha value is -1.81. The molecule has 3 rings (SSSR count). The zero-order valence-electron chi connectivity index (χ0n) is 10.4. The Morgan fingerprint density at radius 2 is 1.85 bits per heavy atom. The zero-order chi connectivity index (χ0) is 14.4. The van der Waals surface area contributed by atoms with Gasteiger partial charge in [-0.05, 0) is 0 Å². The molecule has 1 saturated carbocycles. The average Bonchev–Trinajstić information content (AvgIpc) is 2.92. The first-order valence-electron chi connectivity index (χ1n) is 6.14. The van der Waals surface area contributed by atoms with E-state index in [4.69, 9.17) is 5.73 Å². The fourth-order valence-corrected chi connectivity index (χ4v) is 2.75. The lowest BCUT2D eigenvalue weighted by Gasteiger charge is -2.21. The maximum absolute atomic E-state index is 10.2. The van der Waals surface area contributed by atoms with Crippen molar-refractivity contribution in [2.24, 2.45) is 5.92 Å². The quantitative estimate of drug-likeness (QED) is 0.410. The van der Waals surface area contributed by atoms with E-state index in [1.807, 2.05) is 0 Å².